The number of carbonyl (C=O) groups excluding carboxylic acids is 3. The van der Waals surface area contributed by atoms with Crippen LogP contribution >= 0.6 is 0 Å². The van der Waals surface area contributed by atoms with E-state index >= 15 is 0 Å². The van der Waals surface area contributed by atoms with Crippen LogP contribution < -0.4 is 33.2 Å². The first-order valence-corrected chi connectivity index (χ1v) is 16.2. The Kier molecular flexibility index (Phi) is 40.4. The molecule has 0 fully saturated rings. The number of hydrogen-bond acceptors (Lipinski definition) is 10. The standard InChI is InChI=1S/C14H20N2O.C11H16N2O.C11H24N2O.CH4.2F2.H3N/c1-10(15)8-12-4-6-13(7-5-12)9-14(16-3)11(2)17;1-8(14)11(13-2)7-9-3-5-10(12)6-4-9;1-9(2)13-8-6-5-7-11(12-4)10(3)14;;2*1-2;/h4-7,14-16H,8-9H2,1-3H3;3-6,11,13H,7,12H2,1-2H3;9,11-13H,5-8H2,1-4H3;1H4;;;1H3/t14-;2*11-;;;;/m000..../s1. The Labute approximate surface area is 304 Å². The quantitative estimate of drug-likeness (QED) is 0.0375. The van der Waals surface area contributed by atoms with Crippen LogP contribution in [-0.2, 0) is 33.6 Å². The van der Waals surface area contributed by atoms with E-state index in [2.05, 4.69) is 35.1 Å². The fourth-order valence-electron chi connectivity index (χ4n) is 4.54. The van der Waals surface area contributed by atoms with E-state index < -0.39 is 0 Å². The predicted octanol–water partition coefficient (Wildman–Crippen LogP) is 6.79. The number of ketones is 3. The molecular formula is C37H67F4N7O3. The van der Waals surface area contributed by atoms with Gasteiger partial charge in [0, 0.05) is 42.2 Å². The molecule has 0 bridgehead atoms. The Morgan fingerprint density at radius 3 is 1.33 bits per heavy atom. The van der Waals surface area contributed by atoms with Gasteiger partial charge in [-0.1, -0.05) is 64.1 Å². The first kappa shape index (κ1) is 56.8. The van der Waals surface area contributed by atoms with Crippen LogP contribution in [0.3, 0.4) is 0 Å². The Bertz CT molecular complexity index is 1160. The number of nitrogens with one attached hydrogen (secondary N) is 5. The Morgan fingerprint density at radius 2 is 1.02 bits per heavy atom. The lowest BCUT2D eigenvalue weighted by atomic mass is 10.0. The molecule has 0 unspecified atom stereocenters. The molecule has 10 N–H and O–H groups in total. The fraction of sp³-hybridized carbons (Fsp3) is 0.568. The number of hydrogen-bond donors (Lipinski definition) is 7. The maximum atomic E-state index is 11.3. The molecule has 14 heteroatoms. The van der Waals surface area contributed by atoms with Gasteiger partial charge in [-0.25, -0.2) is 0 Å². The number of halogens is 4. The van der Waals surface area contributed by atoms with E-state index in [4.69, 9.17) is 29.4 Å². The largest absolute Gasteiger partial charge is 0.399 e. The second-order valence-corrected chi connectivity index (χ2v) is 11.9. The van der Waals surface area contributed by atoms with Gasteiger partial charge in [-0.2, -0.15) is 0 Å². The van der Waals surface area contributed by atoms with Crippen molar-refractivity contribution in [1.82, 2.24) is 27.4 Å². The zero-order chi connectivity index (χ0) is 38.4. The highest BCUT2D eigenvalue weighted by Gasteiger charge is 2.13. The van der Waals surface area contributed by atoms with Crippen LogP contribution in [0, 0.1) is 5.41 Å². The summed E-state index contributed by atoms with van der Waals surface area (Å²) in [6.45, 7) is 12.0. The molecule has 10 nitrogen and oxygen atoms in total. The van der Waals surface area contributed by atoms with Crippen molar-refractivity contribution in [1.29, 1.82) is 5.41 Å². The summed E-state index contributed by atoms with van der Waals surface area (Å²) in [5.41, 5.74) is 10.4. The Hall–Kier alpha value is -3.56. The van der Waals surface area contributed by atoms with E-state index in [9.17, 15) is 14.4 Å². The monoisotopic (exact) mass is 734 g/mol. The normalized spacial score (nSPS) is 11.3. The number of benzene rings is 2. The number of carbonyl (C=O) groups is 3. The van der Waals surface area contributed by atoms with Gasteiger partial charge in [-0.05, 0) is 110 Å². The van der Waals surface area contributed by atoms with Crippen molar-refractivity contribution < 1.29 is 32.7 Å². The van der Waals surface area contributed by atoms with Crippen molar-refractivity contribution in [2.24, 2.45) is 0 Å². The third kappa shape index (κ3) is 30.9. The number of nitrogen functional groups attached to an aromatic ring is 1. The lowest BCUT2D eigenvalue weighted by molar-refractivity contribution is -0.119. The molecule has 0 aliphatic heterocycles. The summed E-state index contributed by atoms with van der Waals surface area (Å²) in [6.07, 6.45) is 5.32. The average Bonchev–Trinajstić information content (AvgIpc) is 3.07. The first-order valence-electron chi connectivity index (χ1n) is 16.2. The maximum Gasteiger partial charge on any atom is 0.147 e. The van der Waals surface area contributed by atoms with E-state index in [0.29, 0.717) is 24.6 Å². The lowest BCUT2D eigenvalue weighted by Crippen LogP contribution is -2.34. The molecule has 2 rings (SSSR count). The van der Waals surface area contributed by atoms with Crippen molar-refractivity contribution in [2.75, 3.05) is 33.4 Å². The van der Waals surface area contributed by atoms with Crippen molar-refractivity contribution in [3.8, 4) is 0 Å². The molecule has 51 heavy (non-hydrogen) atoms. The molecule has 0 saturated heterocycles. The number of nitrogens with two attached hydrogens (primary N) is 1. The molecule has 0 heterocycles. The minimum Gasteiger partial charge on any atom is -0.399 e. The van der Waals surface area contributed by atoms with Crippen molar-refractivity contribution >= 4 is 28.7 Å². The molecular weight excluding hydrogens is 666 g/mol. The van der Waals surface area contributed by atoms with Crippen LogP contribution in [0.2, 0.25) is 0 Å². The van der Waals surface area contributed by atoms with Crippen LogP contribution in [0.15, 0.2) is 48.5 Å². The zero-order valence-electron chi connectivity index (χ0n) is 31.4. The summed E-state index contributed by atoms with van der Waals surface area (Å²) in [7, 11) is 5.45. The van der Waals surface area contributed by atoms with Crippen molar-refractivity contribution in [3.05, 3.63) is 65.2 Å². The maximum absolute atomic E-state index is 11.3. The number of anilines is 1. The number of Topliss-reactive ketones (excluding diaryl/α,β-unsaturated/α-hetero) is 3. The summed E-state index contributed by atoms with van der Waals surface area (Å²) >= 11 is 0. The van der Waals surface area contributed by atoms with Crippen LogP contribution in [-0.4, -0.2) is 74.9 Å². The minimum atomic E-state index is -0.106. The summed E-state index contributed by atoms with van der Waals surface area (Å²) in [4.78, 5) is 33.5. The van der Waals surface area contributed by atoms with E-state index in [1.807, 2.05) is 55.6 Å². The molecule has 2 aromatic rings. The first-order chi connectivity index (χ1) is 23.2. The fourth-order valence-corrected chi connectivity index (χ4v) is 4.54. The van der Waals surface area contributed by atoms with Crippen LogP contribution in [0.5, 0.6) is 0 Å². The van der Waals surface area contributed by atoms with Crippen LogP contribution in [0.1, 0.15) is 84.9 Å². The summed E-state index contributed by atoms with van der Waals surface area (Å²) < 4.78 is 32.0. The second-order valence-electron chi connectivity index (χ2n) is 11.9. The molecule has 0 amide bonds. The molecule has 0 aliphatic rings. The highest BCUT2D eigenvalue weighted by molar-refractivity contribution is 5.82. The molecule has 0 aromatic heterocycles. The summed E-state index contributed by atoms with van der Waals surface area (Å²) in [5, 5.41) is 19.8. The van der Waals surface area contributed by atoms with E-state index in [1.54, 1.807) is 41.8 Å². The summed E-state index contributed by atoms with van der Waals surface area (Å²) in [6, 6.07) is 16.1. The average molecular weight is 734 g/mol. The van der Waals surface area contributed by atoms with Gasteiger partial charge in [0.25, 0.3) is 0 Å². The third-order valence-corrected chi connectivity index (χ3v) is 7.34. The number of rotatable bonds is 18. The van der Waals surface area contributed by atoms with Gasteiger partial charge in [0.05, 0.1) is 18.1 Å². The molecule has 296 valence electrons. The molecule has 2 aromatic carbocycles. The SMILES string of the molecule is C.CN[C@@H](CCCCNC(C)C)C(C)=O.CN[C@@H](Cc1ccc(CC(C)=N)cc1)C(C)=O.CN[C@@H](Cc1ccc(N)cc1)C(C)=O.FF.FF.N. The number of likely N-dealkylation sites (N-methyl/N-ethyl adjacent to an activating group) is 3. The van der Waals surface area contributed by atoms with Gasteiger partial charge in [-0.3, -0.25) is 14.4 Å². The number of unbranched alkanes of at least 4 members (excludes halogenated alkanes) is 1. The molecule has 0 radical (unpaired) electrons. The van der Waals surface area contributed by atoms with Gasteiger partial charge in [0.1, 0.15) is 17.3 Å². The highest BCUT2D eigenvalue weighted by Crippen LogP contribution is 2.09. The van der Waals surface area contributed by atoms with Gasteiger partial charge in [-0.15, -0.1) is 0 Å². The van der Waals surface area contributed by atoms with E-state index in [-0.39, 0.29) is 49.1 Å². The zero-order valence-corrected chi connectivity index (χ0v) is 31.4. The van der Waals surface area contributed by atoms with Crippen LogP contribution in [0.4, 0.5) is 24.0 Å². The Balaban J connectivity index is -0.000000195. The van der Waals surface area contributed by atoms with Gasteiger partial charge >= 0.3 is 0 Å². The second kappa shape index (κ2) is 36.2. The van der Waals surface area contributed by atoms with Gasteiger partial charge in [0.2, 0.25) is 0 Å². The van der Waals surface area contributed by atoms with E-state index in [0.717, 1.165) is 54.6 Å². The van der Waals surface area contributed by atoms with Crippen molar-refractivity contribution in [3.63, 3.8) is 0 Å². The molecule has 3 atom stereocenters. The Morgan fingerprint density at radius 1 is 0.667 bits per heavy atom. The summed E-state index contributed by atoms with van der Waals surface area (Å²) in [5.74, 6) is 0.556. The van der Waals surface area contributed by atoms with Crippen LogP contribution in [0.25, 0.3) is 0 Å². The lowest BCUT2D eigenvalue weighted by Gasteiger charge is -2.12. The van der Waals surface area contributed by atoms with Gasteiger partial charge in [0.15, 0.2) is 0 Å². The van der Waals surface area contributed by atoms with E-state index in [1.165, 1.54) is 0 Å². The molecule has 0 spiro atoms. The third-order valence-electron chi connectivity index (χ3n) is 7.34. The van der Waals surface area contributed by atoms with Gasteiger partial charge < -0.3 is 38.6 Å². The highest BCUT2D eigenvalue weighted by atomic mass is 20.0. The molecule has 0 aliphatic carbocycles. The minimum absolute atomic E-state index is 0. The van der Waals surface area contributed by atoms with Crippen molar-refractivity contribution in [2.45, 2.75) is 112 Å². The molecule has 0 saturated carbocycles. The topological polar surface area (TPSA) is 184 Å². The smallest absolute Gasteiger partial charge is 0.147 e. The predicted molar refractivity (Wildman–Crippen MR) is 206 cm³/mol.